The molecule has 4 heteroatoms. The van der Waals surface area contributed by atoms with Crippen LogP contribution in [0.1, 0.15) is 21.5 Å². The van der Waals surface area contributed by atoms with Gasteiger partial charge in [-0.15, -0.1) is 0 Å². The van der Waals surface area contributed by atoms with Crippen molar-refractivity contribution >= 4 is 21.9 Å². The van der Waals surface area contributed by atoms with E-state index in [1.807, 2.05) is 6.07 Å². The molecule has 0 heterocycles. The molecule has 1 rings (SSSR count). The lowest BCUT2D eigenvalue weighted by Gasteiger charge is -2.03. The van der Waals surface area contributed by atoms with Crippen molar-refractivity contribution in [2.45, 2.75) is 6.92 Å². The van der Waals surface area contributed by atoms with Gasteiger partial charge in [-0.05, 0) is 34.5 Å². The smallest absolute Gasteiger partial charge is 0.338 e. The number of nitriles is 1. The number of carboxylic acids is 1. The number of hydrogen-bond donors (Lipinski definition) is 1. The zero-order chi connectivity index (χ0) is 10.0. The summed E-state index contributed by atoms with van der Waals surface area (Å²) in [5, 5.41) is 17.6. The van der Waals surface area contributed by atoms with Crippen molar-refractivity contribution in [3.8, 4) is 6.07 Å². The van der Waals surface area contributed by atoms with E-state index in [1.54, 1.807) is 19.1 Å². The highest BCUT2D eigenvalue weighted by molar-refractivity contribution is 9.10. The van der Waals surface area contributed by atoms with Crippen molar-refractivity contribution in [3.63, 3.8) is 0 Å². The molecule has 0 bridgehead atoms. The van der Waals surface area contributed by atoms with E-state index in [0.29, 0.717) is 10.0 Å². The molecule has 66 valence electrons. The van der Waals surface area contributed by atoms with E-state index in [9.17, 15) is 4.79 Å². The largest absolute Gasteiger partial charge is 0.478 e. The Morgan fingerprint density at radius 3 is 2.62 bits per heavy atom. The second-order valence-electron chi connectivity index (χ2n) is 2.53. The highest BCUT2D eigenvalue weighted by Gasteiger charge is 2.15. The van der Waals surface area contributed by atoms with Gasteiger partial charge in [-0.25, -0.2) is 4.79 Å². The Morgan fingerprint density at radius 2 is 2.23 bits per heavy atom. The van der Waals surface area contributed by atoms with Crippen molar-refractivity contribution in [1.82, 2.24) is 0 Å². The van der Waals surface area contributed by atoms with Crippen molar-refractivity contribution in [1.29, 1.82) is 5.26 Å². The van der Waals surface area contributed by atoms with Crippen molar-refractivity contribution in [2.75, 3.05) is 0 Å². The molecular weight excluding hydrogens is 234 g/mol. The Kier molecular flexibility index (Phi) is 2.69. The fourth-order valence-corrected chi connectivity index (χ4v) is 1.53. The monoisotopic (exact) mass is 239 g/mol. The van der Waals surface area contributed by atoms with Crippen LogP contribution in [0.25, 0.3) is 0 Å². The van der Waals surface area contributed by atoms with Gasteiger partial charge in [-0.3, -0.25) is 0 Å². The summed E-state index contributed by atoms with van der Waals surface area (Å²) in [6.07, 6.45) is 0. The van der Waals surface area contributed by atoms with Crippen LogP contribution in [0.5, 0.6) is 0 Å². The van der Waals surface area contributed by atoms with Crippen LogP contribution in [-0.2, 0) is 0 Å². The zero-order valence-electron chi connectivity index (χ0n) is 6.84. The molecular formula is C9H6BrNO2. The summed E-state index contributed by atoms with van der Waals surface area (Å²) >= 11 is 3.09. The van der Waals surface area contributed by atoms with Crippen molar-refractivity contribution in [3.05, 3.63) is 33.3 Å². The third-order valence-electron chi connectivity index (χ3n) is 1.69. The van der Waals surface area contributed by atoms with Crippen LogP contribution in [0.4, 0.5) is 0 Å². The fraction of sp³-hybridized carbons (Fsp3) is 0.111. The van der Waals surface area contributed by atoms with Crippen molar-refractivity contribution in [2.24, 2.45) is 0 Å². The third kappa shape index (κ3) is 1.70. The van der Waals surface area contributed by atoms with Gasteiger partial charge in [0.25, 0.3) is 0 Å². The summed E-state index contributed by atoms with van der Waals surface area (Å²) < 4.78 is 0.433. The molecule has 0 atom stereocenters. The first kappa shape index (κ1) is 9.75. The molecule has 0 aliphatic rings. The highest BCUT2D eigenvalue weighted by atomic mass is 79.9. The molecule has 0 spiro atoms. The number of aromatic carboxylic acids is 1. The Balaban J connectivity index is 3.55. The van der Waals surface area contributed by atoms with Gasteiger partial charge in [-0.1, -0.05) is 6.07 Å². The van der Waals surface area contributed by atoms with E-state index in [1.165, 1.54) is 0 Å². The molecule has 13 heavy (non-hydrogen) atoms. The number of hydrogen-bond acceptors (Lipinski definition) is 2. The Labute approximate surface area is 83.7 Å². The summed E-state index contributed by atoms with van der Waals surface area (Å²) in [4.78, 5) is 10.8. The van der Waals surface area contributed by atoms with Crippen LogP contribution < -0.4 is 0 Å². The van der Waals surface area contributed by atoms with E-state index in [4.69, 9.17) is 10.4 Å². The fourth-order valence-electron chi connectivity index (χ4n) is 1.03. The minimum Gasteiger partial charge on any atom is -0.478 e. The number of halogens is 1. The minimum absolute atomic E-state index is 0.0301. The highest BCUT2D eigenvalue weighted by Crippen LogP contribution is 2.22. The molecule has 0 saturated heterocycles. The average molecular weight is 240 g/mol. The summed E-state index contributed by atoms with van der Waals surface area (Å²) in [7, 11) is 0. The van der Waals surface area contributed by atoms with Gasteiger partial charge in [0.2, 0.25) is 0 Å². The Hall–Kier alpha value is -1.34. The van der Waals surface area contributed by atoms with E-state index in [-0.39, 0.29) is 11.1 Å². The van der Waals surface area contributed by atoms with Gasteiger partial charge in [-0.2, -0.15) is 5.26 Å². The van der Waals surface area contributed by atoms with Gasteiger partial charge in [0.1, 0.15) is 6.07 Å². The number of benzene rings is 1. The SMILES string of the molecule is Cc1ccc(Br)c(C(=O)O)c1C#N. The first-order valence-corrected chi connectivity index (χ1v) is 4.29. The number of carbonyl (C=O) groups is 1. The molecule has 1 aromatic rings. The predicted molar refractivity (Wildman–Crippen MR) is 50.6 cm³/mol. The van der Waals surface area contributed by atoms with Crippen LogP contribution in [0.2, 0.25) is 0 Å². The molecule has 0 radical (unpaired) electrons. The lowest BCUT2D eigenvalue weighted by atomic mass is 10.0. The molecule has 0 unspecified atom stereocenters. The average Bonchev–Trinajstić information content (AvgIpc) is 2.07. The quantitative estimate of drug-likeness (QED) is 0.819. The van der Waals surface area contributed by atoms with Crippen LogP contribution in [-0.4, -0.2) is 11.1 Å². The van der Waals surface area contributed by atoms with E-state index in [2.05, 4.69) is 15.9 Å². The number of carboxylic acid groups (broad SMARTS) is 1. The molecule has 1 aromatic carbocycles. The maximum absolute atomic E-state index is 10.8. The lowest BCUT2D eigenvalue weighted by Crippen LogP contribution is -2.03. The van der Waals surface area contributed by atoms with Gasteiger partial charge in [0.05, 0.1) is 11.1 Å². The molecule has 1 N–H and O–H groups in total. The normalized spacial score (nSPS) is 9.31. The van der Waals surface area contributed by atoms with E-state index < -0.39 is 5.97 Å². The standard InChI is InChI=1S/C9H6BrNO2/c1-5-2-3-7(10)8(9(12)13)6(5)4-11/h2-3H,1H3,(H,12,13). The molecule has 0 amide bonds. The molecule has 0 saturated carbocycles. The van der Waals surface area contributed by atoms with Crippen LogP contribution in [0.3, 0.4) is 0 Å². The number of aryl methyl sites for hydroxylation is 1. The summed E-state index contributed by atoms with van der Waals surface area (Å²) in [6.45, 7) is 1.71. The minimum atomic E-state index is -1.09. The van der Waals surface area contributed by atoms with E-state index >= 15 is 0 Å². The zero-order valence-corrected chi connectivity index (χ0v) is 8.42. The summed E-state index contributed by atoms with van der Waals surface area (Å²) in [5.74, 6) is -1.09. The number of rotatable bonds is 1. The predicted octanol–water partition coefficient (Wildman–Crippen LogP) is 2.33. The molecule has 0 aliphatic carbocycles. The molecule has 0 aromatic heterocycles. The molecule has 3 nitrogen and oxygen atoms in total. The van der Waals surface area contributed by atoms with Crippen LogP contribution in [0, 0.1) is 18.3 Å². The topological polar surface area (TPSA) is 61.1 Å². The van der Waals surface area contributed by atoms with Crippen LogP contribution >= 0.6 is 15.9 Å². The maximum atomic E-state index is 10.8. The first-order chi connectivity index (χ1) is 6.07. The lowest BCUT2D eigenvalue weighted by molar-refractivity contribution is 0.0695. The second kappa shape index (κ2) is 3.58. The van der Waals surface area contributed by atoms with E-state index in [0.717, 1.165) is 0 Å². The summed E-state index contributed by atoms with van der Waals surface area (Å²) in [5.41, 5.74) is 0.910. The van der Waals surface area contributed by atoms with Crippen LogP contribution in [0.15, 0.2) is 16.6 Å². The van der Waals surface area contributed by atoms with Gasteiger partial charge in [0, 0.05) is 4.47 Å². The van der Waals surface area contributed by atoms with Crippen molar-refractivity contribution < 1.29 is 9.90 Å². The first-order valence-electron chi connectivity index (χ1n) is 3.50. The summed E-state index contributed by atoms with van der Waals surface area (Å²) in [6, 6.07) is 5.20. The molecule has 0 aliphatic heterocycles. The van der Waals surface area contributed by atoms with Gasteiger partial charge < -0.3 is 5.11 Å². The number of nitrogens with zero attached hydrogens (tertiary/aromatic N) is 1. The maximum Gasteiger partial charge on any atom is 0.338 e. The second-order valence-corrected chi connectivity index (χ2v) is 3.39. The Bertz CT molecular complexity index is 407. The third-order valence-corrected chi connectivity index (χ3v) is 2.35. The van der Waals surface area contributed by atoms with Gasteiger partial charge in [0.15, 0.2) is 0 Å². The molecule has 0 fully saturated rings. The van der Waals surface area contributed by atoms with Gasteiger partial charge >= 0.3 is 5.97 Å². The Morgan fingerprint density at radius 1 is 1.62 bits per heavy atom.